The summed E-state index contributed by atoms with van der Waals surface area (Å²) in [6, 6.07) is -0.215. The average Bonchev–Trinajstić information content (AvgIpc) is 2.10. The van der Waals surface area contributed by atoms with Crippen LogP contribution in [-0.4, -0.2) is 22.3 Å². The van der Waals surface area contributed by atoms with Gasteiger partial charge in [-0.15, -0.1) is 12.6 Å². The van der Waals surface area contributed by atoms with Crippen LogP contribution in [0.3, 0.4) is 0 Å². The number of rotatable bonds is 1. The van der Waals surface area contributed by atoms with E-state index in [0.29, 0.717) is 5.11 Å². The van der Waals surface area contributed by atoms with Gasteiger partial charge in [-0.25, -0.2) is 0 Å². The lowest BCUT2D eigenvalue weighted by atomic mass is 10.2. The molecule has 0 bridgehead atoms. The Hall–Kier alpha value is -0.290. The van der Waals surface area contributed by atoms with E-state index in [0.717, 1.165) is 0 Å². The monoisotopic (exact) mass is 176 g/mol. The van der Waals surface area contributed by atoms with Crippen LogP contribution in [0, 0.1) is 0 Å². The number of thiocarbonyl (C=S) groups is 1. The van der Waals surface area contributed by atoms with Crippen LogP contribution in [0.4, 0.5) is 0 Å². The first kappa shape index (κ1) is 7.81. The summed E-state index contributed by atoms with van der Waals surface area (Å²) >= 11 is 8.48. The van der Waals surface area contributed by atoms with E-state index in [1.807, 2.05) is 6.92 Å². The quantitative estimate of drug-likeness (QED) is 0.378. The number of carbonyl (C=O) groups is 1. The molecule has 0 aromatic rings. The molecular weight excluding hydrogens is 168 g/mol. The maximum atomic E-state index is 10.7. The van der Waals surface area contributed by atoms with Crippen molar-refractivity contribution in [1.29, 1.82) is 0 Å². The summed E-state index contributed by atoms with van der Waals surface area (Å²) in [5, 5.41) is 6.04. The second kappa shape index (κ2) is 2.75. The summed E-state index contributed by atoms with van der Waals surface area (Å²) in [4.78, 5) is 10.7. The lowest BCUT2D eigenvalue weighted by molar-refractivity contribution is -0.112. The van der Waals surface area contributed by atoms with Crippen molar-refractivity contribution in [2.24, 2.45) is 0 Å². The average molecular weight is 176 g/mol. The van der Waals surface area contributed by atoms with Gasteiger partial charge >= 0.3 is 0 Å². The molecule has 1 heterocycles. The van der Waals surface area contributed by atoms with Crippen LogP contribution < -0.4 is 10.6 Å². The molecule has 0 aromatic heterocycles. The van der Waals surface area contributed by atoms with E-state index < -0.39 is 0 Å². The van der Waals surface area contributed by atoms with Crippen molar-refractivity contribution >= 4 is 35.1 Å². The minimum atomic E-state index is -0.268. The van der Waals surface area contributed by atoms with E-state index in [1.165, 1.54) is 0 Å². The van der Waals surface area contributed by atoms with Crippen molar-refractivity contribution in [1.82, 2.24) is 10.6 Å². The maximum absolute atomic E-state index is 10.7. The first-order valence-electron chi connectivity index (χ1n) is 2.91. The Kier molecular flexibility index (Phi) is 2.15. The summed E-state index contributed by atoms with van der Waals surface area (Å²) in [7, 11) is 0. The Morgan fingerprint density at radius 2 is 2.30 bits per heavy atom. The molecule has 3 nitrogen and oxygen atoms in total. The molecule has 1 aliphatic rings. The minimum Gasteiger partial charge on any atom is -0.358 e. The zero-order chi connectivity index (χ0) is 7.72. The molecule has 2 atom stereocenters. The van der Waals surface area contributed by atoms with Gasteiger partial charge in [0, 0.05) is 0 Å². The zero-order valence-corrected chi connectivity index (χ0v) is 7.13. The Labute approximate surface area is 70.0 Å². The van der Waals surface area contributed by atoms with Gasteiger partial charge in [-0.1, -0.05) is 0 Å². The van der Waals surface area contributed by atoms with Crippen LogP contribution in [0.15, 0.2) is 0 Å². The third kappa shape index (κ3) is 1.41. The van der Waals surface area contributed by atoms with Gasteiger partial charge in [0.1, 0.15) is 6.04 Å². The lowest BCUT2D eigenvalue weighted by Gasteiger charge is -2.08. The van der Waals surface area contributed by atoms with Gasteiger partial charge in [0.2, 0.25) is 5.12 Å². The van der Waals surface area contributed by atoms with Gasteiger partial charge in [-0.3, -0.25) is 4.79 Å². The van der Waals surface area contributed by atoms with Crippen LogP contribution in [0.5, 0.6) is 0 Å². The topological polar surface area (TPSA) is 41.1 Å². The largest absolute Gasteiger partial charge is 0.358 e. The van der Waals surface area contributed by atoms with Crippen molar-refractivity contribution in [3.8, 4) is 0 Å². The summed E-state index contributed by atoms with van der Waals surface area (Å²) in [6.07, 6.45) is 0. The summed E-state index contributed by atoms with van der Waals surface area (Å²) < 4.78 is 0. The van der Waals surface area contributed by atoms with Crippen molar-refractivity contribution in [3.63, 3.8) is 0 Å². The van der Waals surface area contributed by atoms with E-state index in [-0.39, 0.29) is 17.2 Å². The predicted octanol–water partition coefficient (Wildman–Crippen LogP) is -0.322. The molecule has 2 unspecified atom stereocenters. The van der Waals surface area contributed by atoms with E-state index in [1.54, 1.807) is 0 Å². The molecule has 0 amide bonds. The zero-order valence-electron chi connectivity index (χ0n) is 5.42. The normalized spacial score (nSPS) is 31.2. The molecule has 0 aliphatic carbocycles. The first-order valence-corrected chi connectivity index (χ1v) is 3.76. The highest BCUT2D eigenvalue weighted by atomic mass is 32.1. The van der Waals surface area contributed by atoms with Gasteiger partial charge < -0.3 is 10.6 Å². The number of carbonyl (C=O) groups excluding carboxylic acids is 1. The third-order valence-electron chi connectivity index (χ3n) is 1.41. The van der Waals surface area contributed by atoms with Crippen LogP contribution in [0.25, 0.3) is 0 Å². The third-order valence-corrected chi connectivity index (χ3v) is 1.93. The Balaban J connectivity index is 2.63. The summed E-state index contributed by atoms with van der Waals surface area (Å²) in [6.45, 7) is 1.88. The van der Waals surface area contributed by atoms with Gasteiger partial charge in [0.05, 0.1) is 6.04 Å². The Morgan fingerprint density at radius 3 is 2.50 bits per heavy atom. The molecule has 1 rings (SSSR count). The maximum Gasteiger partial charge on any atom is 0.210 e. The highest BCUT2D eigenvalue weighted by molar-refractivity contribution is 7.96. The number of hydrogen-bond donors (Lipinski definition) is 3. The van der Waals surface area contributed by atoms with Crippen molar-refractivity contribution in [2.45, 2.75) is 19.0 Å². The number of hydrogen-bond acceptors (Lipinski definition) is 2. The smallest absolute Gasteiger partial charge is 0.210 e. The summed E-state index contributed by atoms with van der Waals surface area (Å²) in [5.74, 6) is 0. The molecule has 5 heteroatoms. The highest BCUT2D eigenvalue weighted by Gasteiger charge is 2.29. The highest BCUT2D eigenvalue weighted by Crippen LogP contribution is 2.03. The fourth-order valence-corrected chi connectivity index (χ4v) is 1.47. The Bertz CT molecular complexity index is 182. The molecule has 2 N–H and O–H groups in total. The molecule has 0 saturated carbocycles. The fourth-order valence-electron chi connectivity index (χ4n) is 0.874. The van der Waals surface area contributed by atoms with Gasteiger partial charge in [0.15, 0.2) is 5.11 Å². The first-order chi connectivity index (χ1) is 4.61. The van der Waals surface area contributed by atoms with Crippen LogP contribution in [-0.2, 0) is 4.79 Å². The lowest BCUT2D eigenvalue weighted by Crippen LogP contribution is -2.36. The van der Waals surface area contributed by atoms with Crippen LogP contribution in [0.1, 0.15) is 6.92 Å². The molecule has 0 aromatic carbocycles. The second-order valence-electron chi connectivity index (χ2n) is 2.22. The van der Waals surface area contributed by atoms with E-state index in [9.17, 15) is 4.79 Å². The number of nitrogens with one attached hydrogen (secondary N) is 2. The van der Waals surface area contributed by atoms with Crippen molar-refractivity contribution < 1.29 is 4.79 Å². The standard InChI is InChI=1S/C5H8N2OS2/c1-2-3(4(8)9)7-5(10)6-2/h2-3H,1H3,(H,8,9)(H2,6,7,10). The SMILES string of the molecule is CC1NC(=S)NC1C(=O)S. The van der Waals surface area contributed by atoms with E-state index in [4.69, 9.17) is 12.2 Å². The van der Waals surface area contributed by atoms with Gasteiger partial charge in [-0.05, 0) is 19.1 Å². The summed E-state index contributed by atoms with van der Waals surface area (Å²) in [5.41, 5.74) is 0. The molecule has 1 aliphatic heterocycles. The fraction of sp³-hybridized carbons (Fsp3) is 0.600. The minimum absolute atomic E-state index is 0.0532. The Morgan fingerprint density at radius 1 is 1.70 bits per heavy atom. The van der Waals surface area contributed by atoms with E-state index >= 15 is 0 Å². The van der Waals surface area contributed by atoms with Crippen LogP contribution >= 0.6 is 24.8 Å². The number of thiol groups is 1. The molecule has 1 saturated heterocycles. The molecule has 10 heavy (non-hydrogen) atoms. The van der Waals surface area contributed by atoms with Crippen molar-refractivity contribution in [2.75, 3.05) is 0 Å². The van der Waals surface area contributed by atoms with Crippen LogP contribution in [0.2, 0.25) is 0 Å². The van der Waals surface area contributed by atoms with Crippen molar-refractivity contribution in [3.05, 3.63) is 0 Å². The molecule has 1 fully saturated rings. The molecule has 0 spiro atoms. The van der Waals surface area contributed by atoms with Gasteiger partial charge in [0.25, 0.3) is 0 Å². The second-order valence-corrected chi connectivity index (χ2v) is 3.07. The van der Waals surface area contributed by atoms with E-state index in [2.05, 4.69) is 23.3 Å². The molecular formula is C5H8N2OS2. The molecule has 0 radical (unpaired) electrons. The predicted molar refractivity (Wildman–Crippen MR) is 46.1 cm³/mol. The molecule has 56 valence electrons. The van der Waals surface area contributed by atoms with Gasteiger partial charge in [-0.2, -0.15) is 0 Å².